The van der Waals surface area contributed by atoms with E-state index >= 15 is 0 Å². The van der Waals surface area contributed by atoms with E-state index in [0.717, 1.165) is 11.1 Å². The molecule has 2 aromatic carbocycles. The molecule has 0 radical (unpaired) electrons. The normalized spacial score (nSPS) is 18.6. The van der Waals surface area contributed by atoms with Crippen LogP contribution in [0, 0.1) is 5.92 Å². The largest absolute Gasteiger partial charge is 0.454 e. The third-order valence-corrected chi connectivity index (χ3v) is 5.75. The molecule has 0 aromatic heterocycles. The first kappa shape index (κ1) is 21.0. The van der Waals surface area contributed by atoms with Crippen molar-refractivity contribution in [3.63, 3.8) is 0 Å². The number of nitrogens with one attached hydrogen (secondary N) is 1. The van der Waals surface area contributed by atoms with Crippen molar-refractivity contribution in [1.29, 1.82) is 0 Å². The van der Waals surface area contributed by atoms with E-state index in [2.05, 4.69) is 0 Å². The van der Waals surface area contributed by atoms with Crippen molar-refractivity contribution in [2.75, 3.05) is 13.3 Å². The molecule has 31 heavy (non-hydrogen) atoms. The van der Waals surface area contributed by atoms with Gasteiger partial charge in [-0.2, -0.15) is 0 Å². The van der Waals surface area contributed by atoms with Gasteiger partial charge in [0.2, 0.25) is 6.79 Å². The molecular formula is C23H27N3O5. The van der Waals surface area contributed by atoms with Crippen LogP contribution in [-0.2, 0) is 17.8 Å². The van der Waals surface area contributed by atoms with Crippen molar-refractivity contribution in [2.24, 2.45) is 5.92 Å². The van der Waals surface area contributed by atoms with Crippen LogP contribution in [0.15, 0.2) is 48.5 Å². The topological polar surface area (TPSA) is 91.3 Å². The maximum atomic E-state index is 13.4. The lowest BCUT2D eigenvalue weighted by Gasteiger charge is -2.33. The number of hydrogen-bond acceptors (Lipinski definition) is 5. The molecule has 8 heteroatoms. The molecule has 2 unspecified atom stereocenters. The summed E-state index contributed by atoms with van der Waals surface area (Å²) in [6.07, 6.45) is 0.551. The maximum Gasteiger partial charge on any atom is 0.321 e. The molecule has 164 valence electrons. The number of ether oxygens (including phenoxy) is 2. The zero-order valence-corrected chi connectivity index (χ0v) is 17.7. The first-order chi connectivity index (χ1) is 15.0. The monoisotopic (exact) mass is 425 g/mol. The second-order valence-corrected chi connectivity index (χ2v) is 8.27. The van der Waals surface area contributed by atoms with Gasteiger partial charge in [0.05, 0.1) is 6.04 Å². The molecule has 0 bridgehead atoms. The van der Waals surface area contributed by atoms with Crippen LogP contribution in [0.2, 0.25) is 0 Å². The van der Waals surface area contributed by atoms with E-state index in [1.807, 2.05) is 62.4 Å². The van der Waals surface area contributed by atoms with Crippen LogP contribution in [-0.4, -0.2) is 52.4 Å². The van der Waals surface area contributed by atoms with Gasteiger partial charge in [0.1, 0.15) is 6.04 Å². The number of rotatable bonds is 7. The lowest BCUT2D eigenvalue weighted by molar-refractivity contribution is -0.135. The molecule has 8 nitrogen and oxygen atoms in total. The number of carbonyl (C=O) groups excluding carboxylic acids is 2. The summed E-state index contributed by atoms with van der Waals surface area (Å²) in [5.41, 5.74) is 3.75. The van der Waals surface area contributed by atoms with Crippen molar-refractivity contribution in [3.8, 4) is 11.5 Å². The molecule has 1 fully saturated rings. The summed E-state index contributed by atoms with van der Waals surface area (Å²) >= 11 is 0. The number of amides is 3. The van der Waals surface area contributed by atoms with E-state index < -0.39 is 11.9 Å². The second kappa shape index (κ2) is 8.85. The quantitative estimate of drug-likeness (QED) is 0.526. The van der Waals surface area contributed by atoms with Gasteiger partial charge in [-0.25, -0.2) is 10.3 Å². The van der Waals surface area contributed by atoms with E-state index in [9.17, 15) is 14.8 Å². The Morgan fingerprint density at radius 1 is 1.13 bits per heavy atom. The number of carbonyl (C=O) groups is 2. The van der Waals surface area contributed by atoms with Crippen LogP contribution >= 0.6 is 0 Å². The van der Waals surface area contributed by atoms with Crippen LogP contribution in [0.25, 0.3) is 0 Å². The minimum atomic E-state index is -0.780. The van der Waals surface area contributed by atoms with Gasteiger partial charge in [0.25, 0.3) is 5.91 Å². The van der Waals surface area contributed by atoms with E-state index in [4.69, 9.17) is 9.47 Å². The van der Waals surface area contributed by atoms with Gasteiger partial charge in [-0.1, -0.05) is 50.2 Å². The highest BCUT2D eigenvalue weighted by atomic mass is 16.7. The number of benzene rings is 2. The lowest BCUT2D eigenvalue weighted by Crippen LogP contribution is -2.53. The third kappa shape index (κ3) is 4.29. The standard InChI is InChI=1S/C23H27N3O5/c1-15(2)21(22(27)24-29)26-18(10-17-8-9-19-20(11-17)31-14-30-19)13-25(23(26)28)12-16-6-4-3-5-7-16/h3-9,11,15,18,21,29H,10,12-14H2,1-2H3,(H,24,27). The summed E-state index contributed by atoms with van der Waals surface area (Å²) in [6.45, 7) is 4.86. The summed E-state index contributed by atoms with van der Waals surface area (Å²) in [5.74, 6) is 0.629. The molecule has 2 heterocycles. The second-order valence-electron chi connectivity index (χ2n) is 8.27. The Kier molecular flexibility index (Phi) is 5.99. The Hall–Kier alpha value is -3.26. The Morgan fingerprint density at radius 3 is 2.58 bits per heavy atom. The van der Waals surface area contributed by atoms with Gasteiger partial charge < -0.3 is 19.3 Å². The van der Waals surface area contributed by atoms with Crippen molar-refractivity contribution < 1.29 is 24.3 Å². The smallest absolute Gasteiger partial charge is 0.321 e. The lowest BCUT2D eigenvalue weighted by atomic mass is 9.98. The Bertz CT molecular complexity index is 949. The van der Waals surface area contributed by atoms with Gasteiger partial charge >= 0.3 is 6.03 Å². The number of hydroxylamine groups is 1. The number of hydrogen-bond donors (Lipinski definition) is 2. The summed E-state index contributed by atoms with van der Waals surface area (Å²) in [5, 5.41) is 9.30. The minimum Gasteiger partial charge on any atom is -0.454 e. The summed E-state index contributed by atoms with van der Waals surface area (Å²) < 4.78 is 10.9. The van der Waals surface area contributed by atoms with E-state index in [1.165, 1.54) is 0 Å². The van der Waals surface area contributed by atoms with Gasteiger partial charge in [0.15, 0.2) is 11.5 Å². The van der Waals surface area contributed by atoms with Gasteiger partial charge in [0, 0.05) is 13.1 Å². The number of urea groups is 1. The fourth-order valence-electron chi connectivity index (χ4n) is 4.34. The van der Waals surface area contributed by atoms with E-state index in [1.54, 1.807) is 15.3 Å². The summed E-state index contributed by atoms with van der Waals surface area (Å²) in [7, 11) is 0. The number of nitrogens with zero attached hydrogens (tertiary/aromatic N) is 2. The van der Waals surface area contributed by atoms with Crippen molar-refractivity contribution >= 4 is 11.9 Å². The molecular weight excluding hydrogens is 398 g/mol. The Labute approximate surface area is 181 Å². The Balaban J connectivity index is 1.62. The molecule has 2 aromatic rings. The highest BCUT2D eigenvalue weighted by molar-refractivity contribution is 5.88. The zero-order valence-electron chi connectivity index (χ0n) is 17.7. The molecule has 2 N–H and O–H groups in total. The maximum absolute atomic E-state index is 13.4. The van der Waals surface area contributed by atoms with Crippen molar-refractivity contribution in [1.82, 2.24) is 15.3 Å². The molecule has 3 amide bonds. The molecule has 2 atom stereocenters. The number of fused-ring (bicyclic) bond motifs is 1. The summed E-state index contributed by atoms with van der Waals surface area (Å²) in [6, 6.07) is 14.3. The Morgan fingerprint density at radius 2 is 1.87 bits per heavy atom. The van der Waals surface area contributed by atoms with Crippen LogP contribution in [0.3, 0.4) is 0 Å². The molecule has 2 aliphatic rings. The molecule has 0 aliphatic carbocycles. The van der Waals surface area contributed by atoms with E-state index in [0.29, 0.717) is 31.0 Å². The predicted octanol–water partition coefficient (Wildman–Crippen LogP) is 2.79. The molecule has 0 saturated carbocycles. The molecule has 4 rings (SSSR count). The van der Waals surface area contributed by atoms with Gasteiger partial charge in [-0.15, -0.1) is 0 Å². The van der Waals surface area contributed by atoms with Crippen LogP contribution in [0.4, 0.5) is 4.79 Å². The highest BCUT2D eigenvalue weighted by Crippen LogP contribution is 2.34. The fourth-order valence-corrected chi connectivity index (χ4v) is 4.34. The first-order valence-corrected chi connectivity index (χ1v) is 10.4. The molecule has 2 aliphatic heterocycles. The summed E-state index contributed by atoms with van der Waals surface area (Å²) in [4.78, 5) is 29.3. The van der Waals surface area contributed by atoms with Gasteiger partial charge in [-0.3, -0.25) is 10.0 Å². The molecule has 1 saturated heterocycles. The first-order valence-electron chi connectivity index (χ1n) is 10.4. The minimum absolute atomic E-state index is 0.174. The van der Waals surface area contributed by atoms with Crippen molar-refractivity contribution in [2.45, 2.75) is 38.9 Å². The predicted molar refractivity (Wildman–Crippen MR) is 113 cm³/mol. The van der Waals surface area contributed by atoms with Crippen LogP contribution < -0.4 is 15.0 Å². The fraction of sp³-hybridized carbons (Fsp3) is 0.391. The van der Waals surface area contributed by atoms with Crippen molar-refractivity contribution in [3.05, 3.63) is 59.7 Å². The highest BCUT2D eigenvalue weighted by Gasteiger charge is 2.44. The van der Waals surface area contributed by atoms with E-state index in [-0.39, 0.29) is 24.8 Å². The average Bonchev–Trinajstić information content (AvgIpc) is 3.34. The van der Waals surface area contributed by atoms with Crippen LogP contribution in [0.5, 0.6) is 11.5 Å². The third-order valence-electron chi connectivity index (χ3n) is 5.75. The SMILES string of the molecule is CC(C)C(C(=O)NO)N1C(=O)N(Cc2ccccc2)CC1Cc1ccc2c(c1)OCO2. The van der Waals surface area contributed by atoms with Crippen LogP contribution in [0.1, 0.15) is 25.0 Å². The van der Waals surface area contributed by atoms with Gasteiger partial charge in [-0.05, 0) is 35.6 Å². The zero-order chi connectivity index (χ0) is 22.0. The average molecular weight is 425 g/mol. The molecule has 0 spiro atoms.